The molecule has 3 aromatic carbocycles. The minimum absolute atomic E-state index is 1.29. The third-order valence-corrected chi connectivity index (χ3v) is 6.73. The molecular weight excluding hydrogens is 348 g/mol. The fourth-order valence-electron chi connectivity index (χ4n) is 4.80. The first-order valence-electron chi connectivity index (χ1n) is 9.23. The first-order valence-corrected chi connectivity index (χ1v) is 10.5. The van der Waals surface area contributed by atoms with Gasteiger partial charge in [-0.25, -0.2) is 4.57 Å². The van der Waals surface area contributed by atoms with E-state index in [1.54, 1.807) is 0 Å². The maximum Gasteiger partial charge on any atom is 0.224 e. The van der Waals surface area contributed by atoms with Gasteiger partial charge in [0.15, 0.2) is 6.20 Å². The summed E-state index contributed by atoms with van der Waals surface area (Å²) in [6.45, 7) is 2.24. The molecule has 130 valence electrons. The van der Waals surface area contributed by atoms with Gasteiger partial charge >= 0.3 is 0 Å². The molecule has 0 atom stereocenters. The molecule has 0 saturated heterocycles. The van der Waals surface area contributed by atoms with Gasteiger partial charge in [-0.15, -0.1) is 11.8 Å². The molecule has 0 fully saturated rings. The van der Waals surface area contributed by atoms with Crippen molar-refractivity contribution >= 4 is 60.8 Å². The van der Waals surface area contributed by atoms with Crippen LogP contribution in [0.3, 0.4) is 0 Å². The molecule has 3 heteroatoms. The summed E-state index contributed by atoms with van der Waals surface area (Å²) in [5, 5.41) is 6.69. The van der Waals surface area contributed by atoms with Crippen molar-refractivity contribution in [1.29, 1.82) is 0 Å². The van der Waals surface area contributed by atoms with Crippen molar-refractivity contribution in [2.45, 2.75) is 11.8 Å². The normalized spacial score (nSPS) is 12.4. The first kappa shape index (κ1) is 15.3. The third kappa shape index (κ3) is 1.75. The van der Waals surface area contributed by atoms with Crippen LogP contribution in [0, 0.1) is 6.92 Å². The van der Waals surface area contributed by atoms with Crippen LogP contribution in [-0.4, -0.2) is 10.7 Å². The van der Waals surface area contributed by atoms with E-state index in [2.05, 4.69) is 90.0 Å². The average molecular weight is 367 g/mol. The van der Waals surface area contributed by atoms with E-state index in [4.69, 9.17) is 0 Å². The second kappa shape index (κ2) is 5.14. The second-order valence-electron chi connectivity index (χ2n) is 7.36. The van der Waals surface area contributed by atoms with Crippen molar-refractivity contribution < 1.29 is 4.57 Å². The highest BCUT2D eigenvalue weighted by atomic mass is 32.2. The van der Waals surface area contributed by atoms with E-state index >= 15 is 0 Å². The predicted molar refractivity (Wildman–Crippen MR) is 116 cm³/mol. The van der Waals surface area contributed by atoms with Crippen LogP contribution in [0.4, 0.5) is 0 Å². The number of nitrogens with zero attached hydrogens (tertiary/aromatic N) is 2. The zero-order valence-electron chi connectivity index (χ0n) is 15.6. The number of thioether (sulfide) groups is 1. The summed E-state index contributed by atoms with van der Waals surface area (Å²) in [7, 11) is 2.17. The summed E-state index contributed by atoms with van der Waals surface area (Å²) < 4.78 is 4.80. The minimum atomic E-state index is 1.29. The van der Waals surface area contributed by atoms with E-state index in [1.807, 2.05) is 11.8 Å². The number of para-hydroxylation sites is 1. The summed E-state index contributed by atoms with van der Waals surface area (Å²) in [4.78, 5) is 1.32. The van der Waals surface area contributed by atoms with Crippen molar-refractivity contribution in [2.75, 3.05) is 6.26 Å². The molecule has 0 bridgehead atoms. The molecule has 0 saturated carbocycles. The molecule has 2 nitrogen and oxygen atoms in total. The van der Waals surface area contributed by atoms with E-state index in [-0.39, 0.29) is 0 Å². The smallest absolute Gasteiger partial charge is 0.224 e. The Kier molecular flexibility index (Phi) is 2.91. The van der Waals surface area contributed by atoms with Crippen LogP contribution >= 0.6 is 11.8 Å². The molecule has 0 N–H and O–H groups in total. The zero-order valence-corrected chi connectivity index (χ0v) is 16.4. The van der Waals surface area contributed by atoms with E-state index < -0.39 is 0 Å². The summed E-state index contributed by atoms with van der Waals surface area (Å²) in [6.07, 6.45) is 4.37. The molecule has 0 unspecified atom stereocenters. The number of hydrogen-bond donors (Lipinski definition) is 0. The molecule has 0 aliphatic carbocycles. The number of fused-ring (bicyclic) bond motifs is 5. The van der Waals surface area contributed by atoms with Gasteiger partial charge in [-0.2, -0.15) is 0 Å². The van der Waals surface area contributed by atoms with Crippen molar-refractivity contribution in [1.82, 2.24) is 4.40 Å². The van der Waals surface area contributed by atoms with Gasteiger partial charge in [-0.05, 0) is 36.3 Å². The summed E-state index contributed by atoms with van der Waals surface area (Å²) in [5.41, 5.74) is 6.62. The molecule has 0 aliphatic rings. The lowest BCUT2D eigenvalue weighted by Crippen LogP contribution is -2.29. The number of benzene rings is 3. The summed E-state index contributed by atoms with van der Waals surface area (Å²) >= 11 is 1.83. The SMILES string of the molecule is CSc1ccc2cc[n+](C)c3c4c(C)ccc5c6ccccc6n(c1c23)c54. The van der Waals surface area contributed by atoms with Gasteiger partial charge < -0.3 is 4.40 Å². The Hall–Kier alpha value is -2.78. The van der Waals surface area contributed by atoms with E-state index in [9.17, 15) is 0 Å². The molecule has 6 rings (SSSR count). The Morgan fingerprint density at radius 1 is 0.852 bits per heavy atom. The number of pyridine rings is 2. The minimum Gasteiger partial charge on any atom is -0.306 e. The van der Waals surface area contributed by atoms with E-state index in [0.29, 0.717) is 0 Å². The van der Waals surface area contributed by atoms with Gasteiger partial charge in [0.1, 0.15) is 7.05 Å². The van der Waals surface area contributed by atoms with Crippen LogP contribution < -0.4 is 4.57 Å². The average Bonchev–Trinajstić information content (AvgIpc) is 3.03. The predicted octanol–water partition coefficient (Wildman–Crippen LogP) is 5.84. The summed E-state index contributed by atoms with van der Waals surface area (Å²) in [6, 6.07) is 20.1. The van der Waals surface area contributed by atoms with Gasteiger partial charge in [0, 0.05) is 21.7 Å². The highest BCUT2D eigenvalue weighted by molar-refractivity contribution is 7.98. The topological polar surface area (TPSA) is 8.29 Å². The van der Waals surface area contributed by atoms with Gasteiger partial charge in [0.05, 0.1) is 27.3 Å². The maximum absolute atomic E-state index is 2.51. The van der Waals surface area contributed by atoms with Gasteiger partial charge in [0.2, 0.25) is 5.52 Å². The molecule has 0 amide bonds. The maximum atomic E-state index is 2.51. The molecule has 27 heavy (non-hydrogen) atoms. The lowest BCUT2D eigenvalue weighted by molar-refractivity contribution is -0.643. The number of hydrogen-bond acceptors (Lipinski definition) is 1. The molecule has 3 aromatic heterocycles. The van der Waals surface area contributed by atoms with Crippen LogP contribution in [0.2, 0.25) is 0 Å². The highest BCUT2D eigenvalue weighted by Crippen LogP contribution is 2.42. The standard InChI is InChI=1S/C24H19N2S/c1-14-8-10-17-16-6-4-5-7-18(16)26-22(17)20(14)24-21-15(12-13-25(24)2)9-11-19(27-3)23(21)26/h4-13H,1-3H3/q+1. The molecule has 6 aromatic rings. The van der Waals surface area contributed by atoms with Crippen molar-refractivity contribution in [3.05, 3.63) is 66.4 Å². The fraction of sp³-hybridized carbons (Fsp3) is 0.125. The van der Waals surface area contributed by atoms with Gasteiger partial charge in [-0.3, -0.25) is 0 Å². The van der Waals surface area contributed by atoms with Crippen LogP contribution in [0.5, 0.6) is 0 Å². The largest absolute Gasteiger partial charge is 0.306 e. The lowest BCUT2D eigenvalue weighted by Gasteiger charge is -2.14. The van der Waals surface area contributed by atoms with Gasteiger partial charge in [-0.1, -0.05) is 36.4 Å². The lowest BCUT2D eigenvalue weighted by atomic mass is 10.00. The summed E-state index contributed by atoms with van der Waals surface area (Å²) in [5.74, 6) is 0. The number of rotatable bonds is 1. The molecular formula is C24H19N2S+. The molecule has 3 heterocycles. The van der Waals surface area contributed by atoms with Gasteiger partial charge in [0.25, 0.3) is 0 Å². The Morgan fingerprint density at radius 2 is 1.70 bits per heavy atom. The van der Waals surface area contributed by atoms with Crippen LogP contribution in [0.25, 0.3) is 49.0 Å². The quantitative estimate of drug-likeness (QED) is 0.153. The Labute approximate surface area is 161 Å². The van der Waals surface area contributed by atoms with Crippen LogP contribution in [0.1, 0.15) is 5.56 Å². The van der Waals surface area contributed by atoms with Crippen molar-refractivity contribution in [3.63, 3.8) is 0 Å². The van der Waals surface area contributed by atoms with Crippen LogP contribution in [0.15, 0.2) is 65.7 Å². The first-order chi connectivity index (χ1) is 13.2. The molecule has 0 radical (unpaired) electrons. The van der Waals surface area contributed by atoms with E-state index in [0.717, 1.165) is 0 Å². The van der Waals surface area contributed by atoms with E-state index in [1.165, 1.54) is 59.5 Å². The monoisotopic (exact) mass is 367 g/mol. The van der Waals surface area contributed by atoms with Crippen molar-refractivity contribution in [2.24, 2.45) is 7.05 Å². The van der Waals surface area contributed by atoms with Crippen molar-refractivity contribution in [3.8, 4) is 0 Å². The molecule has 0 spiro atoms. The second-order valence-corrected chi connectivity index (χ2v) is 8.21. The fourth-order valence-corrected chi connectivity index (χ4v) is 5.39. The Balaban J connectivity index is 2.17. The van der Waals surface area contributed by atoms with Crippen LogP contribution in [-0.2, 0) is 7.05 Å². The number of aromatic nitrogens is 2. The number of aryl methyl sites for hydroxylation is 2. The Morgan fingerprint density at radius 3 is 2.56 bits per heavy atom. The Bertz CT molecular complexity index is 1520. The third-order valence-electron chi connectivity index (χ3n) is 5.97. The molecule has 0 aliphatic heterocycles. The zero-order chi connectivity index (χ0) is 18.3. The highest BCUT2D eigenvalue weighted by Gasteiger charge is 2.24.